The number of hydrogen-bond donors (Lipinski definition) is 2. The largest absolute Gasteiger partial charge is 0.325 e. The lowest BCUT2D eigenvalue weighted by Crippen LogP contribution is -2.33. The van der Waals surface area contributed by atoms with E-state index in [9.17, 15) is 28.8 Å². The zero-order chi connectivity index (χ0) is 40.2. The Morgan fingerprint density at radius 1 is 0.655 bits per heavy atom. The second kappa shape index (κ2) is 16.4. The number of fused-ring (bicyclic) bond motifs is 4. The van der Waals surface area contributed by atoms with Gasteiger partial charge < -0.3 is 10.6 Å². The van der Waals surface area contributed by atoms with Gasteiger partial charge in [-0.3, -0.25) is 28.8 Å². The van der Waals surface area contributed by atoms with Gasteiger partial charge in [-0.1, -0.05) is 133 Å². The van der Waals surface area contributed by atoms with E-state index in [0.29, 0.717) is 12.3 Å². The molecule has 0 spiro atoms. The van der Waals surface area contributed by atoms with E-state index in [1.165, 1.54) is 18.2 Å². The highest BCUT2D eigenvalue weighted by atomic mass is 16.2. The lowest BCUT2D eigenvalue weighted by Gasteiger charge is -2.28. The molecule has 0 saturated heterocycles. The Balaban J connectivity index is 0.00000285. The van der Waals surface area contributed by atoms with Crippen molar-refractivity contribution in [2.24, 2.45) is 11.3 Å². The molecule has 0 heterocycles. The van der Waals surface area contributed by atoms with Crippen LogP contribution in [0.15, 0.2) is 109 Å². The summed E-state index contributed by atoms with van der Waals surface area (Å²) in [6.07, 6.45) is 7.71. The van der Waals surface area contributed by atoms with Gasteiger partial charge in [-0.05, 0) is 48.9 Å². The lowest BCUT2D eigenvalue weighted by atomic mass is 9.75. The first-order chi connectivity index (χ1) is 26.3. The summed E-state index contributed by atoms with van der Waals surface area (Å²) in [5, 5.41) is 5.75. The van der Waals surface area contributed by atoms with Crippen molar-refractivity contribution in [2.75, 3.05) is 10.6 Å². The maximum Gasteiger partial charge on any atom is 0.255 e. The van der Waals surface area contributed by atoms with E-state index in [0.717, 1.165) is 6.42 Å². The predicted molar refractivity (Wildman–Crippen MR) is 218 cm³/mol. The summed E-state index contributed by atoms with van der Waals surface area (Å²) in [7, 11) is 0. The number of hydrogen-bond acceptors (Lipinski definition) is 6. The van der Waals surface area contributed by atoms with Gasteiger partial charge in [0.1, 0.15) is 0 Å². The summed E-state index contributed by atoms with van der Waals surface area (Å²) < 4.78 is 0. The second-order valence-electron chi connectivity index (χ2n) is 14.3. The van der Waals surface area contributed by atoms with Crippen LogP contribution in [0.1, 0.15) is 125 Å². The quantitative estimate of drug-likeness (QED) is 0.107. The van der Waals surface area contributed by atoms with Gasteiger partial charge >= 0.3 is 0 Å². The van der Waals surface area contributed by atoms with Crippen molar-refractivity contribution in [2.45, 2.75) is 61.3 Å². The zero-order valence-electron chi connectivity index (χ0n) is 32.4. The SMILES string of the molecule is C=C/C=C(\C=C/C)C(=O)Nc1ccc(-c2ccc(NC(=O)C(C)(C)CCC(C)C)c3c2C(=O)c2ccccc2C3=O)c2c1C(=O)c1ccccc1C2=O.CC. The maximum atomic E-state index is 14.5. The molecule has 2 N–H and O–H groups in total. The molecule has 0 aliphatic heterocycles. The van der Waals surface area contributed by atoms with E-state index in [2.05, 4.69) is 31.1 Å². The second-order valence-corrected chi connectivity index (χ2v) is 14.3. The molecule has 2 amide bonds. The minimum Gasteiger partial charge on any atom is -0.325 e. The molecule has 0 radical (unpaired) electrons. The van der Waals surface area contributed by atoms with Crippen LogP contribution in [0.4, 0.5) is 11.4 Å². The van der Waals surface area contributed by atoms with Crippen LogP contribution in [0.5, 0.6) is 0 Å². The van der Waals surface area contributed by atoms with Gasteiger partial charge in [0.05, 0.1) is 22.5 Å². The summed E-state index contributed by atoms with van der Waals surface area (Å²) in [5.74, 6) is -2.33. The number of amides is 2. The lowest BCUT2D eigenvalue weighted by molar-refractivity contribution is -0.124. The van der Waals surface area contributed by atoms with Gasteiger partial charge in [0.25, 0.3) is 5.91 Å². The third kappa shape index (κ3) is 7.45. The molecule has 4 aromatic carbocycles. The molecule has 280 valence electrons. The van der Waals surface area contributed by atoms with Crippen LogP contribution in [0.25, 0.3) is 11.1 Å². The smallest absolute Gasteiger partial charge is 0.255 e. The molecule has 55 heavy (non-hydrogen) atoms. The van der Waals surface area contributed by atoms with Crippen molar-refractivity contribution in [1.29, 1.82) is 0 Å². The van der Waals surface area contributed by atoms with Gasteiger partial charge in [-0.15, -0.1) is 0 Å². The van der Waals surface area contributed by atoms with Gasteiger partial charge in [0, 0.05) is 44.4 Å². The number of carbonyl (C=O) groups is 6. The fourth-order valence-electron chi connectivity index (χ4n) is 6.87. The maximum absolute atomic E-state index is 14.5. The molecule has 2 aliphatic carbocycles. The third-order valence-corrected chi connectivity index (χ3v) is 9.81. The fourth-order valence-corrected chi connectivity index (χ4v) is 6.87. The van der Waals surface area contributed by atoms with E-state index < -0.39 is 34.5 Å². The van der Waals surface area contributed by atoms with E-state index in [1.54, 1.807) is 85.8 Å². The fraction of sp³-hybridized carbons (Fsp3) is 0.234. The van der Waals surface area contributed by atoms with Crippen molar-refractivity contribution in [3.05, 3.63) is 154 Å². The highest BCUT2D eigenvalue weighted by molar-refractivity contribution is 6.35. The van der Waals surface area contributed by atoms with Gasteiger partial charge in [0.15, 0.2) is 23.1 Å². The highest BCUT2D eigenvalue weighted by Crippen LogP contribution is 2.44. The van der Waals surface area contributed by atoms with E-state index >= 15 is 0 Å². The summed E-state index contributed by atoms with van der Waals surface area (Å²) in [4.78, 5) is 84.7. The van der Waals surface area contributed by atoms with E-state index in [-0.39, 0.29) is 78.5 Å². The molecule has 8 heteroatoms. The first kappa shape index (κ1) is 39.9. The molecule has 0 atom stereocenters. The number of anilines is 2. The average molecular weight is 735 g/mol. The Bertz CT molecular complexity index is 2340. The van der Waals surface area contributed by atoms with Crippen LogP contribution in [0.2, 0.25) is 0 Å². The number of rotatable bonds is 10. The Hall–Kier alpha value is -6.28. The van der Waals surface area contributed by atoms with Crippen LogP contribution in [-0.4, -0.2) is 34.9 Å². The number of nitrogens with one attached hydrogen (secondary N) is 2. The van der Waals surface area contributed by atoms with Crippen LogP contribution in [-0.2, 0) is 9.59 Å². The topological polar surface area (TPSA) is 126 Å². The average Bonchev–Trinajstić information content (AvgIpc) is 3.18. The minimum atomic E-state index is -0.775. The van der Waals surface area contributed by atoms with E-state index in [1.807, 2.05) is 27.7 Å². The molecule has 0 fully saturated rings. The van der Waals surface area contributed by atoms with Gasteiger partial charge in [-0.25, -0.2) is 0 Å². The monoisotopic (exact) mass is 734 g/mol. The van der Waals surface area contributed by atoms with Crippen molar-refractivity contribution < 1.29 is 28.8 Å². The van der Waals surface area contributed by atoms with Crippen molar-refractivity contribution in [3.8, 4) is 11.1 Å². The summed E-state index contributed by atoms with van der Waals surface area (Å²) in [6, 6.07) is 19.2. The molecule has 8 nitrogen and oxygen atoms in total. The van der Waals surface area contributed by atoms with Crippen LogP contribution >= 0.6 is 0 Å². The Morgan fingerprint density at radius 2 is 1.07 bits per heavy atom. The van der Waals surface area contributed by atoms with Gasteiger partial charge in [-0.2, -0.15) is 0 Å². The number of ketones is 4. The number of carbonyl (C=O) groups excluding carboxylic acids is 6. The molecular formula is C47H46N2O6. The standard InChI is InChI=1S/C45H40N2O6.C2H6/c1-7-13-26(14-8-2)43(52)46-33-21-19-27(35-37(33)41(50)31-17-11-9-15-29(31)39(35)48)28-20-22-34(47-44(53)45(5,6)24-23-25(3)4)38-36(28)40(49)30-16-10-12-18-32(30)42(38)51;1-2/h7-22,25H,1,23-24H2,2-6H3,(H,46,52)(H,47,53);1-2H3/b14-8-,26-13+;. The summed E-state index contributed by atoms with van der Waals surface area (Å²) in [5.41, 5.74) is 0.937. The first-order valence-electron chi connectivity index (χ1n) is 18.6. The Labute approximate surface area is 322 Å². The molecule has 2 aliphatic rings. The molecule has 0 saturated carbocycles. The predicted octanol–water partition coefficient (Wildman–Crippen LogP) is 9.96. The molecule has 0 aromatic heterocycles. The minimum absolute atomic E-state index is 0.00545. The molecular weight excluding hydrogens is 689 g/mol. The number of benzene rings is 4. The highest BCUT2D eigenvalue weighted by Gasteiger charge is 2.39. The summed E-state index contributed by atoms with van der Waals surface area (Å²) >= 11 is 0. The van der Waals surface area contributed by atoms with Crippen molar-refractivity contribution in [1.82, 2.24) is 0 Å². The normalized spacial score (nSPS) is 13.3. The third-order valence-electron chi connectivity index (χ3n) is 9.81. The zero-order valence-corrected chi connectivity index (χ0v) is 32.4. The van der Waals surface area contributed by atoms with Crippen LogP contribution in [0, 0.1) is 11.3 Å². The molecule has 0 bridgehead atoms. The van der Waals surface area contributed by atoms with Crippen LogP contribution in [0.3, 0.4) is 0 Å². The van der Waals surface area contributed by atoms with Crippen molar-refractivity contribution in [3.63, 3.8) is 0 Å². The molecule has 0 unspecified atom stereocenters. The molecule has 4 aromatic rings. The van der Waals surface area contributed by atoms with Crippen LogP contribution < -0.4 is 10.6 Å². The summed E-state index contributed by atoms with van der Waals surface area (Å²) in [6.45, 7) is 17.3. The Morgan fingerprint density at radius 3 is 1.47 bits per heavy atom. The first-order valence-corrected chi connectivity index (χ1v) is 18.6. The van der Waals surface area contributed by atoms with Crippen molar-refractivity contribution >= 4 is 46.3 Å². The van der Waals surface area contributed by atoms with Gasteiger partial charge in [0.2, 0.25) is 5.91 Å². The van der Waals surface area contributed by atoms with E-state index in [4.69, 9.17) is 0 Å². The Kier molecular flexibility index (Phi) is 11.9. The number of allylic oxidation sites excluding steroid dienone is 3. The molecule has 6 rings (SSSR count).